The van der Waals surface area contributed by atoms with E-state index in [0.717, 1.165) is 18.0 Å². The molecule has 3 heteroatoms. The highest BCUT2D eigenvalue weighted by molar-refractivity contribution is 5.90. The van der Waals surface area contributed by atoms with Gasteiger partial charge < -0.3 is 4.74 Å². The maximum absolute atomic E-state index is 11.8. The molecule has 2 aromatic rings. The Morgan fingerprint density at radius 3 is 2.56 bits per heavy atom. The number of ether oxygens (including phenoxy) is 1. The topological polar surface area (TPSA) is 29.5 Å². The van der Waals surface area contributed by atoms with E-state index in [2.05, 4.69) is 30.0 Å². The second-order valence-electron chi connectivity index (χ2n) is 7.91. The van der Waals surface area contributed by atoms with Gasteiger partial charge in [-0.2, -0.15) is 0 Å². The van der Waals surface area contributed by atoms with E-state index in [1.807, 2.05) is 31.2 Å². The van der Waals surface area contributed by atoms with Crippen molar-refractivity contribution in [2.45, 2.75) is 58.0 Å². The van der Waals surface area contributed by atoms with Crippen LogP contribution >= 0.6 is 0 Å². The minimum absolute atomic E-state index is 0.253. The highest BCUT2D eigenvalue weighted by Crippen LogP contribution is 2.32. The van der Waals surface area contributed by atoms with Crippen LogP contribution in [0.2, 0.25) is 0 Å². The number of hydrogen-bond acceptors (Lipinski definition) is 3. The van der Waals surface area contributed by atoms with Crippen LogP contribution in [0.15, 0.2) is 42.5 Å². The second-order valence-corrected chi connectivity index (χ2v) is 7.91. The lowest BCUT2D eigenvalue weighted by molar-refractivity contribution is 0.0526. The fourth-order valence-electron chi connectivity index (χ4n) is 4.71. The van der Waals surface area contributed by atoms with Crippen molar-refractivity contribution < 1.29 is 9.53 Å². The van der Waals surface area contributed by atoms with Gasteiger partial charge in [0.2, 0.25) is 0 Å². The average molecular weight is 364 g/mol. The molecule has 0 N–H and O–H groups in total. The Labute approximate surface area is 162 Å². The molecule has 0 bridgehead atoms. The van der Waals surface area contributed by atoms with Gasteiger partial charge in [-0.15, -0.1) is 0 Å². The molecular formula is C24H29NO2. The van der Waals surface area contributed by atoms with Crippen molar-refractivity contribution in [3.8, 4) is 11.1 Å². The molecule has 0 aromatic heterocycles. The van der Waals surface area contributed by atoms with Crippen molar-refractivity contribution in [2.24, 2.45) is 0 Å². The van der Waals surface area contributed by atoms with E-state index in [1.165, 1.54) is 48.9 Å². The Morgan fingerprint density at radius 2 is 1.85 bits per heavy atom. The van der Waals surface area contributed by atoms with Crippen LogP contribution in [0.4, 0.5) is 0 Å². The summed E-state index contributed by atoms with van der Waals surface area (Å²) >= 11 is 0. The van der Waals surface area contributed by atoms with E-state index >= 15 is 0 Å². The lowest BCUT2D eigenvalue weighted by atomic mass is 9.85. The fourth-order valence-corrected chi connectivity index (χ4v) is 4.71. The second kappa shape index (κ2) is 7.85. The minimum atomic E-state index is -0.253. The van der Waals surface area contributed by atoms with Crippen molar-refractivity contribution in [3.63, 3.8) is 0 Å². The summed E-state index contributed by atoms with van der Waals surface area (Å²) in [6.45, 7) is 5.88. The summed E-state index contributed by atoms with van der Waals surface area (Å²) in [4.78, 5) is 14.5. The van der Waals surface area contributed by atoms with Crippen molar-refractivity contribution >= 4 is 5.97 Å². The number of nitrogens with zero attached hydrogens (tertiary/aromatic N) is 1. The van der Waals surface area contributed by atoms with Crippen LogP contribution in [0.3, 0.4) is 0 Å². The van der Waals surface area contributed by atoms with Gasteiger partial charge >= 0.3 is 5.97 Å². The first kappa shape index (κ1) is 18.2. The first-order valence-corrected chi connectivity index (χ1v) is 10.3. The van der Waals surface area contributed by atoms with E-state index in [4.69, 9.17) is 4.74 Å². The van der Waals surface area contributed by atoms with Gasteiger partial charge in [-0.3, -0.25) is 4.90 Å². The molecule has 2 aliphatic rings. The monoisotopic (exact) mass is 363 g/mol. The first-order valence-electron chi connectivity index (χ1n) is 10.3. The lowest BCUT2D eigenvalue weighted by Gasteiger charge is -2.35. The van der Waals surface area contributed by atoms with Crippen LogP contribution in [0.25, 0.3) is 11.1 Å². The summed E-state index contributed by atoms with van der Waals surface area (Å²) in [5.74, 6) is -0.253. The largest absolute Gasteiger partial charge is 0.462 e. The molecule has 1 aliphatic heterocycles. The van der Waals surface area contributed by atoms with Gasteiger partial charge in [0, 0.05) is 12.1 Å². The number of carbonyl (C=O) groups is 1. The van der Waals surface area contributed by atoms with Crippen LogP contribution in [0.5, 0.6) is 0 Å². The number of fused-ring (bicyclic) bond motifs is 1. The molecule has 0 spiro atoms. The number of esters is 1. The van der Waals surface area contributed by atoms with Crippen molar-refractivity contribution in [1.82, 2.24) is 4.90 Å². The number of aryl methyl sites for hydroxylation is 1. The van der Waals surface area contributed by atoms with Crippen LogP contribution < -0.4 is 0 Å². The number of hydrogen-bond donors (Lipinski definition) is 0. The van der Waals surface area contributed by atoms with Gasteiger partial charge in [-0.05, 0) is 86.9 Å². The number of carbonyl (C=O) groups excluding carboxylic acids is 1. The average Bonchev–Trinajstić information content (AvgIpc) is 3.13. The van der Waals surface area contributed by atoms with Crippen LogP contribution in [0.1, 0.15) is 54.6 Å². The van der Waals surface area contributed by atoms with Crippen LogP contribution in [-0.2, 0) is 17.6 Å². The zero-order valence-electron chi connectivity index (χ0n) is 16.4. The summed E-state index contributed by atoms with van der Waals surface area (Å²) in [5, 5.41) is 0. The zero-order chi connectivity index (χ0) is 18.8. The molecule has 3 nitrogen and oxygen atoms in total. The summed E-state index contributed by atoms with van der Waals surface area (Å²) < 4.78 is 5.06. The molecule has 1 aliphatic carbocycles. The number of rotatable bonds is 4. The maximum Gasteiger partial charge on any atom is 0.338 e. The fraction of sp³-hybridized carbons (Fsp3) is 0.458. The molecule has 1 fully saturated rings. The van der Waals surface area contributed by atoms with Crippen molar-refractivity contribution in [2.75, 3.05) is 13.2 Å². The van der Waals surface area contributed by atoms with Gasteiger partial charge in [0.25, 0.3) is 0 Å². The van der Waals surface area contributed by atoms with Gasteiger partial charge in [-0.25, -0.2) is 4.79 Å². The number of benzene rings is 2. The van der Waals surface area contributed by atoms with Crippen LogP contribution in [-0.4, -0.2) is 36.1 Å². The summed E-state index contributed by atoms with van der Waals surface area (Å²) in [6, 6.07) is 16.1. The highest BCUT2D eigenvalue weighted by atomic mass is 16.5. The Hall–Kier alpha value is -2.13. The quantitative estimate of drug-likeness (QED) is 0.726. The smallest absolute Gasteiger partial charge is 0.338 e. The number of likely N-dealkylation sites (tertiary alicyclic amines) is 1. The Kier molecular flexibility index (Phi) is 5.31. The molecule has 2 aromatic carbocycles. The van der Waals surface area contributed by atoms with Crippen LogP contribution in [0, 0.1) is 0 Å². The molecule has 2 unspecified atom stereocenters. The third-order valence-corrected chi connectivity index (χ3v) is 6.21. The first-order chi connectivity index (χ1) is 13.2. The van der Waals surface area contributed by atoms with E-state index in [1.54, 1.807) is 0 Å². The van der Waals surface area contributed by atoms with Crippen molar-refractivity contribution in [3.05, 3.63) is 59.2 Å². The lowest BCUT2D eigenvalue weighted by Crippen LogP contribution is -2.41. The predicted octanol–water partition coefficient (Wildman–Crippen LogP) is 4.87. The van der Waals surface area contributed by atoms with E-state index in [-0.39, 0.29) is 5.97 Å². The minimum Gasteiger partial charge on any atom is -0.462 e. The highest BCUT2D eigenvalue weighted by Gasteiger charge is 2.30. The molecule has 27 heavy (non-hydrogen) atoms. The molecular weight excluding hydrogens is 334 g/mol. The third kappa shape index (κ3) is 3.79. The SMILES string of the molecule is CCOC(=O)c1ccc(-c2ccc3c(c2)CCC(N2CCCC2C)C3)cc1. The van der Waals surface area contributed by atoms with Gasteiger partial charge in [-0.1, -0.05) is 30.3 Å². The molecule has 2 atom stereocenters. The Morgan fingerprint density at radius 1 is 1.07 bits per heavy atom. The van der Waals surface area contributed by atoms with Gasteiger partial charge in [0.05, 0.1) is 12.2 Å². The molecule has 0 saturated carbocycles. The summed E-state index contributed by atoms with van der Waals surface area (Å²) in [7, 11) is 0. The zero-order valence-corrected chi connectivity index (χ0v) is 16.4. The molecule has 1 heterocycles. The predicted molar refractivity (Wildman–Crippen MR) is 109 cm³/mol. The van der Waals surface area contributed by atoms with E-state index in [9.17, 15) is 4.79 Å². The molecule has 0 radical (unpaired) electrons. The van der Waals surface area contributed by atoms with Crippen molar-refractivity contribution in [1.29, 1.82) is 0 Å². The maximum atomic E-state index is 11.8. The Balaban J connectivity index is 1.50. The molecule has 1 saturated heterocycles. The van der Waals surface area contributed by atoms with E-state index < -0.39 is 0 Å². The van der Waals surface area contributed by atoms with E-state index in [0.29, 0.717) is 18.2 Å². The summed E-state index contributed by atoms with van der Waals surface area (Å²) in [5.41, 5.74) is 6.00. The summed E-state index contributed by atoms with van der Waals surface area (Å²) in [6.07, 6.45) is 6.32. The Bertz CT molecular complexity index is 812. The normalized spacial score (nSPS) is 22.4. The molecule has 142 valence electrons. The van der Waals surface area contributed by atoms with Gasteiger partial charge in [0.15, 0.2) is 0 Å². The molecule has 4 rings (SSSR count). The third-order valence-electron chi connectivity index (χ3n) is 6.21. The standard InChI is InChI=1S/C24H29NO2/c1-3-27-24(26)19-8-6-18(7-9-19)20-10-11-22-16-23(13-12-21(22)15-20)25-14-4-5-17(25)2/h6-11,15,17,23H,3-5,12-14,16H2,1-2H3. The molecule has 0 amide bonds. The van der Waals surface area contributed by atoms with Gasteiger partial charge in [0.1, 0.15) is 0 Å².